The van der Waals surface area contributed by atoms with E-state index in [9.17, 15) is 4.79 Å². The van der Waals surface area contributed by atoms with Crippen molar-refractivity contribution in [1.29, 1.82) is 0 Å². The van der Waals surface area contributed by atoms with Crippen molar-refractivity contribution in [3.05, 3.63) is 36.7 Å². The van der Waals surface area contributed by atoms with Crippen molar-refractivity contribution in [2.45, 2.75) is 33.0 Å². The van der Waals surface area contributed by atoms with Crippen LogP contribution in [0.1, 0.15) is 20.8 Å². The molecule has 0 spiro atoms. The van der Waals surface area contributed by atoms with Crippen LogP contribution in [0.2, 0.25) is 0 Å². The molecular weight excluding hydrogens is 424 g/mol. The molecule has 0 bridgehead atoms. The second kappa shape index (κ2) is 9.99. The summed E-state index contributed by atoms with van der Waals surface area (Å²) in [6.07, 6.45) is 2.99. The predicted molar refractivity (Wildman–Crippen MR) is 123 cm³/mol. The molecule has 1 amide bonds. The zero-order valence-electron chi connectivity index (χ0n) is 19.3. The summed E-state index contributed by atoms with van der Waals surface area (Å²) < 4.78 is 23.2. The molecule has 0 radical (unpaired) electrons. The fraction of sp³-hybridized carbons (Fsp3) is 0.417. The molecule has 0 aliphatic carbocycles. The third-order valence-corrected chi connectivity index (χ3v) is 5.24. The number of pyridine rings is 1. The Bertz CT molecular complexity index is 1140. The molecule has 1 atom stereocenters. The Morgan fingerprint density at radius 3 is 2.79 bits per heavy atom. The summed E-state index contributed by atoms with van der Waals surface area (Å²) in [7, 11) is 1.61. The number of hydrogen-bond acceptors (Lipinski definition) is 8. The van der Waals surface area contributed by atoms with E-state index in [1.54, 1.807) is 31.3 Å². The molecule has 9 nitrogen and oxygen atoms in total. The molecule has 3 heterocycles. The number of fused-ring (bicyclic) bond motifs is 1. The highest BCUT2D eigenvalue weighted by molar-refractivity contribution is 5.83. The summed E-state index contributed by atoms with van der Waals surface area (Å²) >= 11 is 0. The summed E-state index contributed by atoms with van der Waals surface area (Å²) in [4.78, 5) is 27.0. The van der Waals surface area contributed by atoms with Crippen molar-refractivity contribution in [3.63, 3.8) is 0 Å². The minimum absolute atomic E-state index is 0.00599. The van der Waals surface area contributed by atoms with Crippen molar-refractivity contribution in [2.75, 3.05) is 33.4 Å². The zero-order chi connectivity index (χ0) is 23.4. The van der Waals surface area contributed by atoms with Crippen molar-refractivity contribution in [3.8, 4) is 28.6 Å². The molecule has 0 saturated carbocycles. The Hall–Kier alpha value is -3.46. The van der Waals surface area contributed by atoms with Crippen LogP contribution in [0.4, 0.5) is 0 Å². The van der Waals surface area contributed by atoms with Crippen LogP contribution in [0.15, 0.2) is 36.7 Å². The van der Waals surface area contributed by atoms with E-state index in [4.69, 9.17) is 23.9 Å². The van der Waals surface area contributed by atoms with Gasteiger partial charge in [0, 0.05) is 31.4 Å². The van der Waals surface area contributed by atoms with Gasteiger partial charge in [-0.1, -0.05) is 0 Å². The monoisotopic (exact) mass is 452 g/mol. The molecule has 0 unspecified atom stereocenters. The van der Waals surface area contributed by atoms with Gasteiger partial charge in [-0.25, -0.2) is 9.97 Å². The first-order valence-corrected chi connectivity index (χ1v) is 10.9. The van der Waals surface area contributed by atoms with E-state index in [1.165, 1.54) is 0 Å². The Morgan fingerprint density at radius 2 is 2.03 bits per heavy atom. The Labute approximate surface area is 192 Å². The molecule has 4 rings (SSSR count). The zero-order valence-corrected chi connectivity index (χ0v) is 19.3. The molecule has 1 aromatic carbocycles. The van der Waals surface area contributed by atoms with E-state index < -0.39 is 0 Å². The third kappa shape index (κ3) is 5.31. The van der Waals surface area contributed by atoms with Crippen LogP contribution in [-0.4, -0.2) is 71.4 Å². The van der Waals surface area contributed by atoms with Crippen LogP contribution in [0.5, 0.6) is 17.4 Å². The molecule has 1 aliphatic rings. The summed E-state index contributed by atoms with van der Waals surface area (Å²) in [5, 5.41) is 0. The predicted octanol–water partition coefficient (Wildman–Crippen LogP) is 3.11. The molecule has 1 fully saturated rings. The van der Waals surface area contributed by atoms with Gasteiger partial charge < -0.3 is 23.8 Å². The standard InChI is InChI=1S/C24H28N4O5/c1-15(2)33-22-11-17(5-6-21(22)30-4)19-12-20-23(26-8-7-25-20)24(27-19)32-14-18-13-28(16(3)29)9-10-31-18/h5-8,11-12,15,18H,9-10,13-14H2,1-4H3/t18-/m0/s1. The van der Waals surface area contributed by atoms with Gasteiger partial charge in [0.2, 0.25) is 11.8 Å². The van der Waals surface area contributed by atoms with Gasteiger partial charge in [0.05, 0.1) is 37.6 Å². The second-order valence-electron chi connectivity index (χ2n) is 8.04. The highest BCUT2D eigenvalue weighted by Crippen LogP contribution is 2.34. The van der Waals surface area contributed by atoms with Crippen LogP contribution in [-0.2, 0) is 9.53 Å². The number of carbonyl (C=O) groups excluding carboxylic acids is 1. The van der Waals surface area contributed by atoms with E-state index in [1.807, 2.05) is 38.1 Å². The fourth-order valence-electron chi connectivity index (χ4n) is 3.65. The topological polar surface area (TPSA) is 95.9 Å². The largest absolute Gasteiger partial charge is 0.493 e. The van der Waals surface area contributed by atoms with Crippen molar-refractivity contribution in [2.24, 2.45) is 0 Å². The minimum atomic E-state index is -0.244. The van der Waals surface area contributed by atoms with E-state index in [2.05, 4.69) is 9.97 Å². The Morgan fingerprint density at radius 1 is 1.21 bits per heavy atom. The van der Waals surface area contributed by atoms with Gasteiger partial charge in [0.1, 0.15) is 12.7 Å². The first-order valence-electron chi connectivity index (χ1n) is 10.9. The molecule has 174 valence electrons. The lowest BCUT2D eigenvalue weighted by atomic mass is 10.1. The van der Waals surface area contributed by atoms with Crippen LogP contribution in [0.25, 0.3) is 22.3 Å². The lowest BCUT2D eigenvalue weighted by Gasteiger charge is -2.32. The second-order valence-corrected chi connectivity index (χ2v) is 8.04. The van der Waals surface area contributed by atoms with Gasteiger partial charge in [-0.15, -0.1) is 0 Å². The number of aromatic nitrogens is 3. The van der Waals surface area contributed by atoms with Gasteiger partial charge in [-0.2, -0.15) is 0 Å². The fourth-order valence-corrected chi connectivity index (χ4v) is 3.65. The van der Waals surface area contributed by atoms with E-state index in [-0.39, 0.29) is 24.7 Å². The van der Waals surface area contributed by atoms with Crippen molar-refractivity contribution >= 4 is 16.9 Å². The highest BCUT2D eigenvalue weighted by Gasteiger charge is 2.23. The smallest absolute Gasteiger partial charge is 0.242 e. The molecule has 3 aromatic rings. The van der Waals surface area contributed by atoms with Gasteiger partial charge in [0.25, 0.3) is 0 Å². The quantitative estimate of drug-likeness (QED) is 0.540. The van der Waals surface area contributed by atoms with Crippen LogP contribution >= 0.6 is 0 Å². The molecule has 33 heavy (non-hydrogen) atoms. The average Bonchev–Trinajstić information content (AvgIpc) is 2.82. The maximum absolute atomic E-state index is 11.7. The van der Waals surface area contributed by atoms with Gasteiger partial charge in [0.15, 0.2) is 17.0 Å². The highest BCUT2D eigenvalue weighted by atomic mass is 16.5. The minimum Gasteiger partial charge on any atom is -0.493 e. The Kier molecular flexibility index (Phi) is 6.88. The molecule has 2 aromatic heterocycles. The third-order valence-electron chi connectivity index (χ3n) is 5.24. The lowest BCUT2D eigenvalue weighted by molar-refractivity contribution is -0.137. The van der Waals surface area contributed by atoms with Gasteiger partial charge >= 0.3 is 0 Å². The molecule has 9 heteroatoms. The molecule has 1 saturated heterocycles. The number of methoxy groups -OCH3 is 1. The van der Waals surface area contributed by atoms with Crippen LogP contribution < -0.4 is 14.2 Å². The normalized spacial score (nSPS) is 16.2. The summed E-state index contributed by atoms with van der Waals surface area (Å²) in [5.41, 5.74) is 2.73. The summed E-state index contributed by atoms with van der Waals surface area (Å²) in [6.45, 7) is 7.27. The van der Waals surface area contributed by atoms with Gasteiger partial charge in [-0.3, -0.25) is 9.78 Å². The summed E-state index contributed by atoms with van der Waals surface area (Å²) in [6, 6.07) is 7.52. The number of amides is 1. The first kappa shape index (κ1) is 22.7. The Balaban J connectivity index is 1.64. The number of hydrogen-bond donors (Lipinski definition) is 0. The maximum Gasteiger partial charge on any atom is 0.242 e. The molecule has 0 N–H and O–H groups in total. The number of carbonyl (C=O) groups is 1. The first-order chi connectivity index (χ1) is 15.9. The maximum atomic E-state index is 11.7. The number of ether oxygens (including phenoxy) is 4. The number of nitrogens with zero attached hydrogens (tertiary/aromatic N) is 4. The number of benzene rings is 1. The summed E-state index contributed by atoms with van der Waals surface area (Å²) in [5.74, 6) is 1.67. The van der Waals surface area contributed by atoms with Crippen molar-refractivity contribution < 1.29 is 23.7 Å². The van der Waals surface area contributed by atoms with E-state index in [0.717, 1.165) is 5.56 Å². The van der Waals surface area contributed by atoms with Crippen LogP contribution in [0, 0.1) is 0 Å². The number of rotatable bonds is 7. The van der Waals surface area contributed by atoms with Crippen molar-refractivity contribution in [1.82, 2.24) is 19.9 Å². The van der Waals surface area contributed by atoms with E-state index in [0.29, 0.717) is 53.8 Å². The van der Waals surface area contributed by atoms with Crippen LogP contribution in [0.3, 0.4) is 0 Å². The average molecular weight is 453 g/mol. The molecular formula is C24H28N4O5. The number of morpholine rings is 1. The van der Waals surface area contributed by atoms with E-state index >= 15 is 0 Å². The van der Waals surface area contributed by atoms with Gasteiger partial charge in [-0.05, 0) is 38.1 Å². The molecule has 1 aliphatic heterocycles. The lowest BCUT2D eigenvalue weighted by Crippen LogP contribution is -2.46. The SMILES string of the molecule is COc1ccc(-c2cc3nccnc3c(OC[C@@H]3CN(C(C)=O)CCO3)n2)cc1OC(C)C.